The van der Waals surface area contributed by atoms with Crippen molar-refractivity contribution in [1.82, 2.24) is 4.98 Å². The van der Waals surface area contributed by atoms with Crippen molar-refractivity contribution in [2.75, 3.05) is 28.5 Å². The summed E-state index contributed by atoms with van der Waals surface area (Å²) in [5.74, 6) is 0.951. The predicted molar refractivity (Wildman–Crippen MR) is 100.0 cm³/mol. The first-order valence-corrected chi connectivity index (χ1v) is 9.94. The average Bonchev–Trinajstić information content (AvgIpc) is 2.58. The van der Waals surface area contributed by atoms with Gasteiger partial charge in [-0.1, -0.05) is 30.3 Å². The number of anilines is 2. The van der Waals surface area contributed by atoms with Crippen LogP contribution in [0.15, 0.2) is 48.7 Å². The fourth-order valence-corrected chi connectivity index (χ4v) is 3.63. The van der Waals surface area contributed by atoms with Crippen molar-refractivity contribution in [2.45, 2.75) is 26.7 Å². The Morgan fingerprint density at radius 1 is 1.04 bits per heavy atom. The van der Waals surface area contributed by atoms with Gasteiger partial charge in [0.2, 0.25) is 10.0 Å². The van der Waals surface area contributed by atoms with E-state index in [2.05, 4.69) is 28.5 Å². The summed E-state index contributed by atoms with van der Waals surface area (Å²) in [6, 6.07) is 13.5. The smallest absolute Gasteiger partial charge is 0.232 e. The Hall–Kier alpha value is -2.08. The Kier molecular flexibility index (Phi) is 6.61. The molecule has 0 saturated carbocycles. The highest BCUT2D eigenvalue weighted by molar-refractivity contribution is 7.92. The molecule has 0 unspecified atom stereocenters. The molecular weight excluding hydrogens is 322 g/mol. The van der Waals surface area contributed by atoms with Crippen LogP contribution in [0.3, 0.4) is 0 Å². The van der Waals surface area contributed by atoms with E-state index in [1.807, 2.05) is 36.4 Å². The van der Waals surface area contributed by atoms with Crippen molar-refractivity contribution in [3.63, 3.8) is 0 Å². The van der Waals surface area contributed by atoms with Gasteiger partial charge >= 0.3 is 0 Å². The first-order valence-electron chi connectivity index (χ1n) is 8.29. The number of benzene rings is 1. The third-order valence-electron chi connectivity index (χ3n) is 3.83. The molecule has 0 atom stereocenters. The summed E-state index contributed by atoms with van der Waals surface area (Å²) in [5.41, 5.74) is 1.66. The zero-order valence-electron chi connectivity index (χ0n) is 14.3. The number of sulfonamides is 1. The van der Waals surface area contributed by atoms with Crippen LogP contribution in [-0.4, -0.2) is 32.2 Å². The summed E-state index contributed by atoms with van der Waals surface area (Å²) in [6.07, 6.45) is 2.91. The molecule has 1 heterocycles. The zero-order chi connectivity index (χ0) is 17.4. The average molecular weight is 347 g/mol. The van der Waals surface area contributed by atoms with Crippen molar-refractivity contribution < 1.29 is 8.42 Å². The third-order valence-corrected chi connectivity index (χ3v) is 5.20. The van der Waals surface area contributed by atoms with Crippen LogP contribution in [0.2, 0.25) is 0 Å². The number of pyridine rings is 1. The van der Waals surface area contributed by atoms with E-state index in [-0.39, 0.29) is 5.75 Å². The summed E-state index contributed by atoms with van der Waals surface area (Å²) >= 11 is 0. The summed E-state index contributed by atoms with van der Waals surface area (Å²) in [5, 5.41) is 0. The molecule has 0 spiro atoms. The first-order chi connectivity index (χ1) is 11.5. The number of nitrogens with one attached hydrogen (secondary N) is 1. The van der Waals surface area contributed by atoms with Gasteiger partial charge in [-0.2, -0.15) is 0 Å². The molecule has 2 aromatic rings. The minimum Gasteiger partial charge on any atom is -0.357 e. The Balaban J connectivity index is 1.89. The standard InChI is InChI=1S/C18H25N3O2S/c1-3-21(4-2)18-13-12-17(15-19-18)20-24(22,23)14-8-11-16-9-6-5-7-10-16/h5-7,9-10,12-13,15,20H,3-4,8,11,14H2,1-2H3. The maximum Gasteiger partial charge on any atom is 0.232 e. The van der Waals surface area contributed by atoms with Gasteiger partial charge in [0.25, 0.3) is 0 Å². The molecule has 0 amide bonds. The summed E-state index contributed by atoms with van der Waals surface area (Å²) < 4.78 is 26.9. The molecule has 130 valence electrons. The molecule has 24 heavy (non-hydrogen) atoms. The fourth-order valence-electron chi connectivity index (χ4n) is 2.52. The topological polar surface area (TPSA) is 62.3 Å². The Bertz CT molecular complexity index is 712. The highest BCUT2D eigenvalue weighted by Gasteiger charge is 2.11. The minimum absolute atomic E-state index is 0.0969. The number of hydrogen-bond donors (Lipinski definition) is 1. The summed E-state index contributed by atoms with van der Waals surface area (Å²) in [6.45, 7) is 5.87. The van der Waals surface area contributed by atoms with Gasteiger partial charge in [0.05, 0.1) is 17.6 Å². The van der Waals surface area contributed by atoms with Crippen LogP contribution in [0, 0.1) is 0 Å². The molecule has 0 fully saturated rings. The molecule has 1 aromatic heterocycles. The second-order valence-corrected chi connectivity index (χ2v) is 7.43. The van der Waals surface area contributed by atoms with Crippen molar-refractivity contribution in [2.24, 2.45) is 0 Å². The molecule has 6 heteroatoms. The lowest BCUT2D eigenvalue weighted by atomic mass is 10.1. The second kappa shape index (κ2) is 8.68. The highest BCUT2D eigenvalue weighted by atomic mass is 32.2. The summed E-state index contributed by atoms with van der Waals surface area (Å²) in [4.78, 5) is 6.44. The van der Waals surface area contributed by atoms with Crippen LogP contribution < -0.4 is 9.62 Å². The van der Waals surface area contributed by atoms with Crippen LogP contribution in [0.1, 0.15) is 25.8 Å². The van der Waals surface area contributed by atoms with Gasteiger partial charge in [0.1, 0.15) is 5.82 Å². The van der Waals surface area contributed by atoms with Gasteiger partial charge < -0.3 is 4.90 Å². The highest BCUT2D eigenvalue weighted by Crippen LogP contribution is 2.15. The van der Waals surface area contributed by atoms with E-state index in [1.165, 1.54) is 0 Å². The van der Waals surface area contributed by atoms with Crippen LogP contribution in [0.5, 0.6) is 0 Å². The Labute approximate surface area is 144 Å². The quantitative estimate of drug-likeness (QED) is 0.756. The number of aromatic nitrogens is 1. The minimum atomic E-state index is -3.35. The maximum atomic E-state index is 12.2. The molecular formula is C18H25N3O2S. The van der Waals surface area contributed by atoms with Gasteiger partial charge in [0.15, 0.2) is 0 Å². The molecule has 0 saturated heterocycles. The van der Waals surface area contributed by atoms with Gasteiger partial charge in [0, 0.05) is 13.1 Å². The van der Waals surface area contributed by atoms with Gasteiger partial charge in [-0.05, 0) is 44.4 Å². The lowest BCUT2D eigenvalue weighted by Gasteiger charge is -2.19. The van der Waals surface area contributed by atoms with Crippen molar-refractivity contribution in [3.8, 4) is 0 Å². The molecule has 0 aliphatic carbocycles. The van der Waals surface area contributed by atoms with Crippen LogP contribution in [-0.2, 0) is 16.4 Å². The SMILES string of the molecule is CCN(CC)c1ccc(NS(=O)(=O)CCCc2ccccc2)cn1. The monoisotopic (exact) mass is 347 g/mol. The second-order valence-electron chi connectivity index (χ2n) is 5.59. The van der Waals surface area contributed by atoms with Gasteiger partial charge in [-0.15, -0.1) is 0 Å². The maximum absolute atomic E-state index is 12.2. The lowest BCUT2D eigenvalue weighted by Crippen LogP contribution is -2.23. The Morgan fingerprint density at radius 3 is 2.33 bits per heavy atom. The predicted octanol–water partition coefficient (Wildman–Crippen LogP) is 3.30. The van der Waals surface area contributed by atoms with E-state index in [1.54, 1.807) is 12.3 Å². The van der Waals surface area contributed by atoms with Crippen LogP contribution in [0.4, 0.5) is 11.5 Å². The molecule has 0 bridgehead atoms. The third kappa shape index (κ3) is 5.53. The molecule has 1 N–H and O–H groups in total. The van der Waals surface area contributed by atoms with E-state index < -0.39 is 10.0 Å². The molecule has 0 aliphatic rings. The lowest BCUT2D eigenvalue weighted by molar-refractivity contribution is 0.598. The normalized spacial score (nSPS) is 11.2. The van der Waals surface area contributed by atoms with Crippen molar-refractivity contribution in [1.29, 1.82) is 0 Å². The van der Waals surface area contributed by atoms with E-state index in [0.29, 0.717) is 12.1 Å². The van der Waals surface area contributed by atoms with E-state index in [0.717, 1.165) is 30.9 Å². The van der Waals surface area contributed by atoms with Crippen molar-refractivity contribution >= 4 is 21.5 Å². The fraction of sp³-hybridized carbons (Fsp3) is 0.389. The molecule has 0 radical (unpaired) electrons. The first kappa shape index (κ1) is 18.3. The molecule has 1 aromatic carbocycles. The molecule has 0 aliphatic heterocycles. The summed E-state index contributed by atoms with van der Waals surface area (Å²) in [7, 11) is -3.35. The van der Waals surface area contributed by atoms with E-state index in [4.69, 9.17) is 0 Å². The molecule has 2 rings (SSSR count). The van der Waals surface area contributed by atoms with Gasteiger partial charge in [-0.3, -0.25) is 4.72 Å². The number of rotatable bonds is 9. The van der Waals surface area contributed by atoms with Crippen molar-refractivity contribution in [3.05, 3.63) is 54.2 Å². The number of aryl methyl sites for hydroxylation is 1. The molecule has 5 nitrogen and oxygen atoms in total. The Morgan fingerprint density at radius 2 is 1.75 bits per heavy atom. The van der Waals surface area contributed by atoms with Crippen LogP contribution >= 0.6 is 0 Å². The van der Waals surface area contributed by atoms with E-state index in [9.17, 15) is 8.42 Å². The van der Waals surface area contributed by atoms with Gasteiger partial charge in [-0.25, -0.2) is 13.4 Å². The van der Waals surface area contributed by atoms with Crippen LogP contribution in [0.25, 0.3) is 0 Å². The zero-order valence-corrected chi connectivity index (χ0v) is 15.1. The number of hydrogen-bond acceptors (Lipinski definition) is 4. The number of nitrogens with zero attached hydrogens (tertiary/aromatic N) is 2. The largest absolute Gasteiger partial charge is 0.357 e. The van der Waals surface area contributed by atoms with E-state index >= 15 is 0 Å².